The lowest BCUT2D eigenvalue weighted by atomic mass is 10.1. The minimum atomic E-state index is -3.66. The maximum atomic E-state index is 12.7. The molecule has 33 heavy (non-hydrogen) atoms. The molecule has 0 bridgehead atoms. The first kappa shape index (κ1) is 22.9. The van der Waals surface area contributed by atoms with E-state index in [9.17, 15) is 8.42 Å². The van der Waals surface area contributed by atoms with Gasteiger partial charge in [0.1, 0.15) is 11.6 Å². The lowest BCUT2D eigenvalue weighted by Crippen LogP contribution is -2.13. The van der Waals surface area contributed by atoms with Gasteiger partial charge in [0.2, 0.25) is 0 Å². The van der Waals surface area contributed by atoms with Gasteiger partial charge < -0.3 is 9.30 Å². The summed E-state index contributed by atoms with van der Waals surface area (Å²) in [7, 11) is -3.66. The van der Waals surface area contributed by atoms with Gasteiger partial charge in [0.05, 0.1) is 22.5 Å². The van der Waals surface area contributed by atoms with Gasteiger partial charge in [-0.05, 0) is 73.9 Å². The van der Waals surface area contributed by atoms with Crippen molar-refractivity contribution < 1.29 is 13.2 Å². The van der Waals surface area contributed by atoms with Crippen LogP contribution in [0, 0.1) is 0 Å². The van der Waals surface area contributed by atoms with E-state index in [-0.39, 0.29) is 4.90 Å². The van der Waals surface area contributed by atoms with Crippen LogP contribution in [0.4, 0.5) is 5.69 Å². The fraction of sp³-hybridized carbons (Fsp3) is 0.269. The Morgan fingerprint density at radius 2 is 1.64 bits per heavy atom. The number of hydrogen-bond donors (Lipinski definition) is 1. The summed E-state index contributed by atoms with van der Waals surface area (Å²) in [4.78, 5) is 5.02. The van der Waals surface area contributed by atoms with Gasteiger partial charge in [0.25, 0.3) is 10.0 Å². The zero-order chi connectivity index (χ0) is 23.3. The summed E-state index contributed by atoms with van der Waals surface area (Å²) in [6, 6.07) is 22.2. The van der Waals surface area contributed by atoms with E-state index in [1.165, 1.54) is 5.52 Å². The summed E-state index contributed by atoms with van der Waals surface area (Å²) in [6.07, 6.45) is 2.71. The fourth-order valence-electron chi connectivity index (χ4n) is 3.88. The predicted octanol–water partition coefficient (Wildman–Crippen LogP) is 5.43. The highest BCUT2D eigenvalue weighted by Crippen LogP contribution is 2.21. The first-order chi connectivity index (χ1) is 16.0. The molecule has 4 rings (SSSR count). The van der Waals surface area contributed by atoms with E-state index >= 15 is 0 Å². The molecule has 0 amide bonds. The molecular weight excluding hydrogens is 434 g/mol. The Morgan fingerprint density at radius 3 is 2.33 bits per heavy atom. The van der Waals surface area contributed by atoms with Gasteiger partial charge in [-0.15, -0.1) is 0 Å². The van der Waals surface area contributed by atoms with Crippen LogP contribution >= 0.6 is 0 Å². The number of ether oxygens (including phenoxy) is 1. The van der Waals surface area contributed by atoms with Crippen LogP contribution in [0.3, 0.4) is 0 Å². The molecule has 4 aromatic rings. The summed E-state index contributed by atoms with van der Waals surface area (Å²) >= 11 is 0. The van der Waals surface area contributed by atoms with Crippen LogP contribution in [-0.2, 0) is 29.4 Å². The zero-order valence-corrected chi connectivity index (χ0v) is 19.8. The van der Waals surface area contributed by atoms with Gasteiger partial charge in [-0.25, -0.2) is 13.4 Å². The molecule has 0 fully saturated rings. The molecule has 0 aliphatic heterocycles. The quantitative estimate of drug-likeness (QED) is 0.340. The van der Waals surface area contributed by atoms with Crippen molar-refractivity contribution in [2.75, 3.05) is 11.3 Å². The number of sulfonamides is 1. The number of nitrogens with zero attached hydrogens (tertiary/aromatic N) is 2. The Hall–Kier alpha value is -3.32. The minimum absolute atomic E-state index is 0.199. The number of aromatic nitrogens is 2. The lowest BCUT2D eigenvalue weighted by molar-refractivity contribution is 0.340. The summed E-state index contributed by atoms with van der Waals surface area (Å²) in [5.74, 6) is 1.73. The molecule has 0 saturated heterocycles. The van der Waals surface area contributed by atoms with Crippen LogP contribution in [0.25, 0.3) is 11.0 Å². The van der Waals surface area contributed by atoms with E-state index in [1.807, 2.05) is 31.2 Å². The number of rotatable bonds is 10. The molecular formula is C26H29N3O3S. The molecule has 172 valence electrons. The van der Waals surface area contributed by atoms with Crippen LogP contribution in [0.1, 0.15) is 31.7 Å². The van der Waals surface area contributed by atoms with Crippen LogP contribution in [-0.4, -0.2) is 24.6 Å². The number of aryl methyl sites for hydroxylation is 3. The highest BCUT2D eigenvalue weighted by molar-refractivity contribution is 7.92. The molecule has 3 aromatic carbocycles. The number of imidazole rings is 1. The number of nitrogens with one attached hydrogen (secondary N) is 1. The average molecular weight is 464 g/mol. The summed E-state index contributed by atoms with van der Waals surface area (Å²) in [6.45, 7) is 5.54. The molecule has 1 N–H and O–H groups in total. The molecule has 0 radical (unpaired) electrons. The maximum absolute atomic E-state index is 12.7. The van der Waals surface area contributed by atoms with E-state index in [1.54, 1.807) is 36.4 Å². The van der Waals surface area contributed by atoms with Crippen LogP contribution in [0.2, 0.25) is 0 Å². The molecule has 0 saturated carbocycles. The van der Waals surface area contributed by atoms with Crippen LogP contribution < -0.4 is 9.46 Å². The minimum Gasteiger partial charge on any atom is -0.494 e. The molecule has 0 spiro atoms. The molecule has 0 atom stereocenters. The second-order valence-corrected chi connectivity index (χ2v) is 9.56. The predicted molar refractivity (Wildman–Crippen MR) is 132 cm³/mol. The Labute approximate surface area is 195 Å². The molecule has 1 heterocycles. The molecule has 7 heteroatoms. The maximum Gasteiger partial charge on any atom is 0.261 e. The summed E-state index contributed by atoms with van der Waals surface area (Å²) in [5, 5.41) is 0. The molecule has 6 nitrogen and oxygen atoms in total. The highest BCUT2D eigenvalue weighted by atomic mass is 32.2. The van der Waals surface area contributed by atoms with Crippen molar-refractivity contribution >= 4 is 26.7 Å². The smallest absolute Gasteiger partial charge is 0.261 e. The van der Waals surface area contributed by atoms with Crippen molar-refractivity contribution in [2.45, 2.75) is 44.6 Å². The normalized spacial score (nSPS) is 11.6. The first-order valence-electron chi connectivity index (χ1n) is 11.3. The third-order valence-electron chi connectivity index (χ3n) is 5.47. The van der Waals surface area contributed by atoms with Crippen molar-refractivity contribution in [2.24, 2.45) is 0 Å². The Kier molecular flexibility index (Phi) is 6.99. The standard InChI is InChI=1S/C26H29N3O3S/c1-3-19-29-25-8-6-5-7-24(25)27-26(29)18-11-20-9-12-21(13-10-20)28-33(30,31)23-16-14-22(15-17-23)32-4-2/h5-10,12-17,28H,3-4,11,18-19H2,1-2H3. The summed E-state index contributed by atoms with van der Waals surface area (Å²) < 4.78 is 35.7. The Morgan fingerprint density at radius 1 is 0.909 bits per heavy atom. The average Bonchev–Trinajstić information content (AvgIpc) is 3.17. The summed E-state index contributed by atoms with van der Waals surface area (Å²) in [5.41, 5.74) is 3.87. The number of benzene rings is 3. The lowest BCUT2D eigenvalue weighted by Gasteiger charge is -2.10. The van der Waals surface area contributed by atoms with Crippen molar-refractivity contribution in [1.29, 1.82) is 0 Å². The van der Waals surface area contributed by atoms with Crippen molar-refractivity contribution in [3.63, 3.8) is 0 Å². The van der Waals surface area contributed by atoms with Crippen LogP contribution in [0.15, 0.2) is 77.7 Å². The monoisotopic (exact) mass is 463 g/mol. The van der Waals surface area contributed by atoms with Gasteiger partial charge in [-0.3, -0.25) is 4.72 Å². The van der Waals surface area contributed by atoms with E-state index in [0.29, 0.717) is 18.0 Å². The van der Waals surface area contributed by atoms with Gasteiger partial charge in [0.15, 0.2) is 0 Å². The topological polar surface area (TPSA) is 73.2 Å². The van der Waals surface area contributed by atoms with Gasteiger partial charge in [-0.2, -0.15) is 0 Å². The van der Waals surface area contributed by atoms with Gasteiger partial charge >= 0.3 is 0 Å². The van der Waals surface area contributed by atoms with E-state index in [2.05, 4.69) is 28.3 Å². The molecule has 0 unspecified atom stereocenters. The molecule has 1 aromatic heterocycles. The number of anilines is 1. The van der Waals surface area contributed by atoms with Crippen molar-refractivity contribution in [3.05, 3.63) is 84.2 Å². The third kappa shape index (κ3) is 5.37. The molecule has 0 aliphatic carbocycles. The second-order valence-electron chi connectivity index (χ2n) is 7.88. The van der Waals surface area contributed by atoms with Crippen LogP contribution in [0.5, 0.6) is 5.75 Å². The number of para-hydroxylation sites is 2. The zero-order valence-electron chi connectivity index (χ0n) is 19.0. The number of hydrogen-bond acceptors (Lipinski definition) is 4. The number of fused-ring (bicyclic) bond motifs is 1. The largest absolute Gasteiger partial charge is 0.494 e. The molecule has 0 aliphatic rings. The second kappa shape index (κ2) is 10.1. The van der Waals surface area contributed by atoms with E-state index in [0.717, 1.165) is 42.7 Å². The van der Waals surface area contributed by atoms with E-state index in [4.69, 9.17) is 9.72 Å². The Bertz CT molecular complexity index is 1310. The third-order valence-corrected chi connectivity index (χ3v) is 6.87. The van der Waals surface area contributed by atoms with Gasteiger partial charge in [0, 0.05) is 18.7 Å². The highest BCUT2D eigenvalue weighted by Gasteiger charge is 2.14. The Balaban J connectivity index is 1.42. The van der Waals surface area contributed by atoms with Gasteiger partial charge in [-0.1, -0.05) is 31.2 Å². The van der Waals surface area contributed by atoms with Crippen molar-refractivity contribution in [3.8, 4) is 5.75 Å². The van der Waals surface area contributed by atoms with E-state index < -0.39 is 10.0 Å². The first-order valence-corrected chi connectivity index (χ1v) is 12.8. The fourth-order valence-corrected chi connectivity index (χ4v) is 4.94. The SMILES string of the molecule is CCCn1c(CCc2ccc(NS(=O)(=O)c3ccc(OCC)cc3)cc2)nc2ccccc21. The van der Waals surface area contributed by atoms with Crippen molar-refractivity contribution in [1.82, 2.24) is 9.55 Å².